The maximum absolute atomic E-state index is 13.4. The van der Waals surface area contributed by atoms with Crippen LogP contribution >= 0.6 is 11.9 Å². The van der Waals surface area contributed by atoms with Crippen molar-refractivity contribution in [2.24, 2.45) is 0 Å². The molecule has 2 N–H and O–H groups in total. The fraction of sp³-hybridized carbons (Fsp3) is 0.276. The standard InChI is InChI=1S/C29H32N4O2S/c1-17-8-9-20(13-23(17)19-10-11-24-21(12-19)16-30-18(2)31-24)28(34)32-25-14-22(29(3,4)5)15-26(33-36-7)27(25)35-6/h8-16,33H,1-7H3,(H,32,34). The van der Waals surface area contributed by atoms with Crippen LogP contribution in [0.4, 0.5) is 11.4 Å². The van der Waals surface area contributed by atoms with E-state index in [2.05, 4.69) is 52.9 Å². The molecule has 0 unspecified atom stereocenters. The molecule has 0 atom stereocenters. The van der Waals surface area contributed by atoms with Crippen molar-refractivity contribution in [1.82, 2.24) is 9.97 Å². The van der Waals surface area contributed by atoms with E-state index < -0.39 is 0 Å². The van der Waals surface area contributed by atoms with Crippen LogP contribution in [0.1, 0.15) is 48.1 Å². The van der Waals surface area contributed by atoms with Gasteiger partial charge in [-0.25, -0.2) is 9.97 Å². The third kappa shape index (κ3) is 5.31. The van der Waals surface area contributed by atoms with Crippen molar-refractivity contribution in [3.05, 3.63) is 77.2 Å². The fourth-order valence-electron chi connectivity index (χ4n) is 4.12. The molecule has 0 fully saturated rings. The van der Waals surface area contributed by atoms with Gasteiger partial charge in [-0.3, -0.25) is 4.79 Å². The van der Waals surface area contributed by atoms with E-state index in [1.165, 1.54) is 11.9 Å². The van der Waals surface area contributed by atoms with Crippen molar-refractivity contribution < 1.29 is 9.53 Å². The molecular weight excluding hydrogens is 468 g/mol. The highest BCUT2D eigenvalue weighted by atomic mass is 32.2. The molecule has 0 bridgehead atoms. The average molecular weight is 501 g/mol. The smallest absolute Gasteiger partial charge is 0.255 e. The van der Waals surface area contributed by atoms with E-state index >= 15 is 0 Å². The first-order valence-electron chi connectivity index (χ1n) is 11.8. The number of benzene rings is 3. The van der Waals surface area contributed by atoms with Crippen molar-refractivity contribution in [2.45, 2.75) is 40.0 Å². The Morgan fingerprint density at radius 2 is 1.75 bits per heavy atom. The third-order valence-electron chi connectivity index (χ3n) is 6.13. The van der Waals surface area contributed by atoms with Gasteiger partial charge in [0.05, 0.1) is 24.0 Å². The zero-order chi connectivity index (χ0) is 26.0. The summed E-state index contributed by atoms with van der Waals surface area (Å²) in [6, 6.07) is 15.9. The summed E-state index contributed by atoms with van der Waals surface area (Å²) >= 11 is 1.48. The van der Waals surface area contributed by atoms with Gasteiger partial charge in [-0.1, -0.05) is 44.9 Å². The quantitative estimate of drug-likeness (QED) is 0.274. The number of carbonyl (C=O) groups is 1. The predicted molar refractivity (Wildman–Crippen MR) is 151 cm³/mol. The Morgan fingerprint density at radius 1 is 1.00 bits per heavy atom. The highest BCUT2D eigenvalue weighted by molar-refractivity contribution is 7.99. The van der Waals surface area contributed by atoms with Gasteiger partial charge in [-0.15, -0.1) is 0 Å². The molecule has 0 aliphatic rings. The Kier molecular flexibility index (Phi) is 7.22. The van der Waals surface area contributed by atoms with Crippen LogP contribution in [0, 0.1) is 13.8 Å². The lowest BCUT2D eigenvalue weighted by atomic mass is 9.86. The maximum atomic E-state index is 13.4. The number of ether oxygens (including phenoxy) is 1. The molecule has 4 rings (SSSR count). The molecule has 0 aliphatic heterocycles. The molecule has 6 nitrogen and oxygen atoms in total. The third-order valence-corrected chi connectivity index (χ3v) is 6.55. The molecule has 0 radical (unpaired) electrons. The topological polar surface area (TPSA) is 76.1 Å². The van der Waals surface area contributed by atoms with Crippen molar-refractivity contribution in [2.75, 3.05) is 23.4 Å². The first-order chi connectivity index (χ1) is 17.1. The van der Waals surface area contributed by atoms with E-state index in [1.54, 1.807) is 7.11 Å². The van der Waals surface area contributed by atoms with Gasteiger partial charge in [0.25, 0.3) is 5.91 Å². The summed E-state index contributed by atoms with van der Waals surface area (Å²) in [5.41, 5.74) is 7.00. The first-order valence-corrected chi connectivity index (χ1v) is 13.0. The van der Waals surface area contributed by atoms with Gasteiger partial charge in [-0.05, 0) is 77.9 Å². The Hall–Kier alpha value is -3.58. The molecule has 7 heteroatoms. The number of hydrogen-bond donors (Lipinski definition) is 2. The van der Waals surface area contributed by atoms with E-state index in [9.17, 15) is 4.79 Å². The zero-order valence-corrected chi connectivity index (χ0v) is 22.6. The van der Waals surface area contributed by atoms with Crippen LogP contribution in [0.3, 0.4) is 0 Å². The predicted octanol–water partition coefficient (Wildman–Crippen LogP) is 7.16. The van der Waals surface area contributed by atoms with Gasteiger partial charge < -0.3 is 14.8 Å². The van der Waals surface area contributed by atoms with E-state index in [0.717, 1.165) is 44.7 Å². The molecule has 1 amide bonds. The molecule has 0 saturated heterocycles. The minimum Gasteiger partial charge on any atom is -0.492 e. The number of fused-ring (bicyclic) bond motifs is 1. The number of hydrogen-bond acceptors (Lipinski definition) is 6. The van der Waals surface area contributed by atoms with Crippen LogP contribution in [-0.2, 0) is 5.41 Å². The lowest BCUT2D eigenvalue weighted by Gasteiger charge is -2.24. The number of anilines is 2. The number of rotatable bonds is 6. The lowest BCUT2D eigenvalue weighted by molar-refractivity contribution is 0.102. The van der Waals surface area contributed by atoms with E-state index in [1.807, 2.05) is 62.7 Å². The largest absolute Gasteiger partial charge is 0.492 e. The number of nitrogens with zero attached hydrogens (tertiary/aromatic N) is 2. The van der Waals surface area contributed by atoms with Gasteiger partial charge in [0.1, 0.15) is 5.82 Å². The zero-order valence-electron chi connectivity index (χ0n) is 21.8. The summed E-state index contributed by atoms with van der Waals surface area (Å²) in [4.78, 5) is 22.3. The molecule has 186 valence electrons. The fourth-order valence-corrected chi connectivity index (χ4v) is 4.49. The van der Waals surface area contributed by atoms with Crippen molar-refractivity contribution in [3.8, 4) is 16.9 Å². The summed E-state index contributed by atoms with van der Waals surface area (Å²) in [7, 11) is 1.61. The summed E-state index contributed by atoms with van der Waals surface area (Å²) < 4.78 is 8.97. The minimum atomic E-state index is -0.199. The molecule has 36 heavy (non-hydrogen) atoms. The van der Waals surface area contributed by atoms with Gasteiger partial charge in [0, 0.05) is 23.4 Å². The summed E-state index contributed by atoms with van der Waals surface area (Å²) in [5.74, 6) is 1.14. The van der Waals surface area contributed by atoms with Crippen LogP contribution in [0.2, 0.25) is 0 Å². The van der Waals surface area contributed by atoms with E-state index in [4.69, 9.17) is 4.74 Å². The second-order valence-electron chi connectivity index (χ2n) is 9.84. The molecule has 3 aromatic carbocycles. The molecule has 1 heterocycles. The highest BCUT2D eigenvalue weighted by Gasteiger charge is 2.21. The monoisotopic (exact) mass is 500 g/mol. The molecular formula is C29H32N4O2S. The number of carbonyl (C=O) groups excluding carboxylic acids is 1. The van der Waals surface area contributed by atoms with Gasteiger partial charge >= 0.3 is 0 Å². The maximum Gasteiger partial charge on any atom is 0.255 e. The summed E-state index contributed by atoms with van der Waals surface area (Å²) in [6.45, 7) is 10.4. The lowest BCUT2D eigenvalue weighted by Crippen LogP contribution is -2.16. The van der Waals surface area contributed by atoms with Crippen molar-refractivity contribution >= 4 is 40.1 Å². The highest BCUT2D eigenvalue weighted by Crippen LogP contribution is 2.40. The van der Waals surface area contributed by atoms with Crippen LogP contribution < -0.4 is 14.8 Å². The second kappa shape index (κ2) is 10.2. The van der Waals surface area contributed by atoms with Gasteiger partial charge in [0.15, 0.2) is 5.75 Å². The molecule has 0 saturated carbocycles. The number of aryl methyl sites for hydroxylation is 2. The normalized spacial score (nSPS) is 11.4. The van der Waals surface area contributed by atoms with Crippen molar-refractivity contribution in [3.63, 3.8) is 0 Å². The Morgan fingerprint density at radius 3 is 2.44 bits per heavy atom. The molecule has 1 aromatic heterocycles. The van der Waals surface area contributed by atoms with Gasteiger partial charge in [-0.2, -0.15) is 0 Å². The number of methoxy groups -OCH3 is 1. The SMILES string of the molecule is COc1c(NSC)cc(C(C)(C)C)cc1NC(=O)c1ccc(C)c(-c2ccc3nc(C)ncc3c2)c1. The first kappa shape index (κ1) is 25.5. The van der Waals surface area contributed by atoms with Gasteiger partial charge in [0.2, 0.25) is 0 Å². The Bertz CT molecular complexity index is 1440. The summed E-state index contributed by atoms with van der Waals surface area (Å²) in [5, 5.41) is 4.05. The Balaban J connectivity index is 1.72. The van der Waals surface area contributed by atoms with Crippen molar-refractivity contribution in [1.29, 1.82) is 0 Å². The van der Waals surface area contributed by atoms with Crippen LogP contribution in [0.15, 0.2) is 54.7 Å². The van der Waals surface area contributed by atoms with E-state index in [-0.39, 0.29) is 11.3 Å². The van der Waals surface area contributed by atoms with Crippen LogP contribution in [0.5, 0.6) is 5.75 Å². The van der Waals surface area contributed by atoms with E-state index in [0.29, 0.717) is 17.0 Å². The van der Waals surface area contributed by atoms with Crippen LogP contribution in [0.25, 0.3) is 22.0 Å². The molecule has 0 aliphatic carbocycles. The molecule has 0 spiro atoms. The number of aromatic nitrogens is 2. The number of nitrogens with one attached hydrogen (secondary N) is 2. The molecule has 4 aromatic rings. The minimum absolute atomic E-state index is 0.101. The summed E-state index contributed by atoms with van der Waals surface area (Å²) in [6.07, 6.45) is 3.79. The Labute approximate surface area is 217 Å². The average Bonchev–Trinajstić information content (AvgIpc) is 2.83. The second-order valence-corrected chi connectivity index (χ2v) is 10.4. The van der Waals surface area contributed by atoms with Crippen LogP contribution in [-0.4, -0.2) is 29.2 Å². The number of amides is 1.